The summed E-state index contributed by atoms with van der Waals surface area (Å²) in [6.45, 7) is 1.87. The van der Waals surface area contributed by atoms with Crippen LogP contribution in [0.2, 0.25) is 0 Å². The second-order valence-electron chi connectivity index (χ2n) is 5.80. The molecule has 1 aliphatic rings. The second kappa shape index (κ2) is 5.96. The molecule has 6 nitrogen and oxygen atoms in total. The third-order valence-electron chi connectivity index (χ3n) is 4.32. The molecule has 23 heavy (non-hydrogen) atoms. The van der Waals surface area contributed by atoms with E-state index in [0.29, 0.717) is 0 Å². The standard InChI is InChI=1S/C17H19N5O/c1-23-14-8-5-11-21(12-14)16-10-9-15-18-19-17(22(15)20-16)13-6-3-2-4-7-13/h2-4,6-7,9-10,14H,5,8,11-12H2,1H3/t14-/m0/s1. The van der Waals surface area contributed by atoms with E-state index in [-0.39, 0.29) is 6.10 Å². The quantitative estimate of drug-likeness (QED) is 0.743. The lowest BCUT2D eigenvalue weighted by Gasteiger charge is -2.32. The topological polar surface area (TPSA) is 55.5 Å². The Morgan fingerprint density at radius 1 is 1.09 bits per heavy atom. The normalized spacial score (nSPS) is 18.5. The Balaban J connectivity index is 1.72. The van der Waals surface area contributed by atoms with Gasteiger partial charge in [-0.2, -0.15) is 4.52 Å². The molecule has 1 aliphatic heterocycles. The number of nitrogens with zero attached hydrogens (tertiary/aromatic N) is 5. The van der Waals surface area contributed by atoms with Gasteiger partial charge in [-0.15, -0.1) is 15.3 Å². The van der Waals surface area contributed by atoms with Crippen LogP contribution in [0.15, 0.2) is 42.5 Å². The number of benzene rings is 1. The molecule has 0 saturated carbocycles. The van der Waals surface area contributed by atoms with Crippen molar-refractivity contribution in [1.82, 2.24) is 19.8 Å². The average Bonchev–Trinajstić information content (AvgIpc) is 3.05. The van der Waals surface area contributed by atoms with Gasteiger partial charge in [0.25, 0.3) is 0 Å². The Hall–Kier alpha value is -2.47. The maximum absolute atomic E-state index is 5.51. The first-order valence-electron chi connectivity index (χ1n) is 7.91. The third kappa shape index (κ3) is 2.66. The van der Waals surface area contributed by atoms with Gasteiger partial charge in [0.05, 0.1) is 6.10 Å². The van der Waals surface area contributed by atoms with Crippen molar-refractivity contribution in [1.29, 1.82) is 0 Å². The van der Waals surface area contributed by atoms with Crippen LogP contribution in [0.3, 0.4) is 0 Å². The monoisotopic (exact) mass is 309 g/mol. The van der Waals surface area contributed by atoms with Gasteiger partial charge in [0, 0.05) is 25.8 Å². The maximum atomic E-state index is 5.51. The fourth-order valence-corrected chi connectivity index (χ4v) is 3.05. The number of fused-ring (bicyclic) bond motifs is 1. The number of ether oxygens (including phenoxy) is 1. The van der Waals surface area contributed by atoms with Crippen LogP contribution in [-0.2, 0) is 4.74 Å². The molecule has 6 heteroatoms. The Bertz CT molecular complexity index is 801. The van der Waals surface area contributed by atoms with Gasteiger partial charge in [-0.25, -0.2) is 0 Å². The summed E-state index contributed by atoms with van der Waals surface area (Å²) in [5.74, 6) is 1.71. The van der Waals surface area contributed by atoms with Crippen LogP contribution in [0.5, 0.6) is 0 Å². The lowest BCUT2D eigenvalue weighted by Crippen LogP contribution is -2.39. The van der Waals surface area contributed by atoms with Gasteiger partial charge in [0.1, 0.15) is 5.82 Å². The predicted molar refractivity (Wildman–Crippen MR) is 88.5 cm³/mol. The molecular formula is C17H19N5O. The van der Waals surface area contributed by atoms with Crippen LogP contribution in [0.25, 0.3) is 17.0 Å². The predicted octanol–water partition coefficient (Wildman–Crippen LogP) is 2.41. The molecule has 0 amide bonds. The lowest BCUT2D eigenvalue weighted by atomic mass is 10.1. The minimum absolute atomic E-state index is 0.274. The molecule has 3 heterocycles. The van der Waals surface area contributed by atoms with Crippen molar-refractivity contribution in [3.05, 3.63) is 42.5 Å². The highest BCUT2D eigenvalue weighted by Crippen LogP contribution is 2.22. The molecule has 0 aliphatic carbocycles. The Kier molecular flexibility index (Phi) is 3.67. The zero-order valence-electron chi connectivity index (χ0n) is 13.1. The van der Waals surface area contributed by atoms with Crippen LogP contribution in [-0.4, -0.2) is 46.1 Å². The molecule has 1 saturated heterocycles. The SMILES string of the molecule is CO[C@H]1CCCN(c2ccc3nnc(-c4ccccc4)n3n2)C1. The van der Waals surface area contributed by atoms with Crippen LogP contribution < -0.4 is 4.90 Å². The smallest absolute Gasteiger partial charge is 0.185 e. The van der Waals surface area contributed by atoms with Crippen molar-refractivity contribution in [2.24, 2.45) is 0 Å². The number of piperidine rings is 1. The second-order valence-corrected chi connectivity index (χ2v) is 5.80. The van der Waals surface area contributed by atoms with Crippen LogP contribution >= 0.6 is 0 Å². The zero-order valence-corrected chi connectivity index (χ0v) is 13.1. The number of hydrogen-bond donors (Lipinski definition) is 0. The summed E-state index contributed by atoms with van der Waals surface area (Å²) in [5.41, 5.74) is 1.77. The largest absolute Gasteiger partial charge is 0.380 e. The van der Waals surface area contributed by atoms with Crippen molar-refractivity contribution in [2.75, 3.05) is 25.1 Å². The Morgan fingerprint density at radius 3 is 2.78 bits per heavy atom. The molecule has 3 aromatic rings. The van der Waals surface area contributed by atoms with Gasteiger partial charge in [-0.05, 0) is 25.0 Å². The molecule has 0 N–H and O–H groups in total. The van der Waals surface area contributed by atoms with Gasteiger partial charge in [-0.3, -0.25) is 0 Å². The molecule has 4 rings (SSSR count). The highest BCUT2D eigenvalue weighted by atomic mass is 16.5. The van der Waals surface area contributed by atoms with E-state index in [0.717, 1.165) is 48.8 Å². The van der Waals surface area contributed by atoms with E-state index >= 15 is 0 Å². The fraction of sp³-hybridized carbons (Fsp3) is 0.353. The highest BCUT2D eigenvalue weighted by molar-refractivity contribution is 5.59. The first-order valence-corrected chi connectivity index (χ1v) is 7.91. The van der Waals surface area contributed by atoms with Gasteiger partial charge < -0.3 is 9.64 Å². The fourth-order valence-electron chi connectivity index (χ4n) is 3.05. The summed E-state index contributed by atoms with van der Waals surface area (Å²) in [7, 11) is 1.78. The van der Waals surface area contributed by atoms with Crippen molar-refractivity contribution < 1.29 is 4.74 Å². The molecule has 0 radical (unpaired) electrons. The van der Waals surface area contributed by atoms with E-state index in [1.165, 1.54) is 0 Å². The summed E-state index contributed by atoms with van der Waals surface area (Å²) < 4.78 is 7.33. The molecule has 0 bridgehead atoms. The molecule has 2 aromatic heterocycles. The molecular weight excluding hydrogens is 290 g/mol. The summed E-state index contributed by atoms with van der Waals surface area (Å²) in [6.07, 6.45) is 2.50. The van der Waals surface area contributed by atoms with Crippen molar-refractivity contribution in [3.8, 4) is 11.4 Å². The average molecular weight is 309 g/mol. The number of methoxy groups -OCH3 is 1. The van der Waals surface area contributed by atoms with E-state index < -0.39 is 0 Å². The molecule has 1 fully saturated rings. The number of rotatable bonds is 3. The van der Waals surface area contributed by atoms with Gasteiger partial charge in [0.2, 0.25) is 0 Å². The first kappa shape index (κ1) is 14.1. The van der Waals surface area contributed by atoms with E-state index in [1.54, 1.807) is 7.11 Å². The lowest BCUT2D eigenvalue weighted by molar-refractivity contribution is 0.0891. The number of anilines is 1. The van der Waals surface area contributed by atoms with E-state index in [4.69, 9.17) is 9.84 Å². The summed E-state index contributed by atoms with van der Waals surface area (Å²) >= 11 is 0. The summed E-state index contributed by atoms with van der Waals surface area (Å²) in [6, 6.07) is 14.0. The van der Waals surface area contributed by atoms with Crippen molar-refractivity contribution in [2.45, 2.75) is 18.9 Å². The third-order valence-corrected chi connectivity index (χ3v) is 4.32. The van der Waals surface area contributed by atoms with Gasteiger partial charge >= 0.3 is 0 Å². The van der Waals surface area contributed by atoms with Crippen LogP contribution in [0.1, 0.15) is 12.8 Å². The van der Waals surface area contributed by atoms with E-state index in [2.05, 4.69) is 15.1 Å². The zero-order chi connectivity index (χ0) is 15.6. The summed E-state index contributed by atoms with van der Waals surface area (Å²) in [4.78, 5) is 2.27. The Morgan fingerprint density at radius 2 is 1.96 bits per heavy atom. The van der Waals surface area contributed by atoms with Crippen LogP contribution in [0.4, 0.5) is 5.82 Å². The van der Waals surface area contributed by atoms with Gasteiger partial charge in [0.15, 0.2) is 11.5 Å². The van der Waals surface area contributed by atoms with E-state index in [1.807, 2.05) is 47.0 Å². The molecule has 0 unspecified atom stereocenters. The van der Waals surface area contributed by atoms with Crippen molar-refractivity contribution in [3.63, 3.8) is 0 Å². The number of aromatic nitrogens is 4. The van der Waals surface area contributed by atoms with Crippen molar-refractivity contribution >= 4 is 11.5 Å². The minimum Gasteiger partial charge on any atom is -0.380 e. The molecule has 1 atom stereocenters. The Labute approximate surface area is 134 Å². The number of hydrogen-bond acceptors (Lipinski definition) is 5. The van der Waals surface area contributed by atoms with E-state index in [9.17, 15) is 0 Å². The molecule has 118 valence electrons. The molecule has 1 aromatic carbocycles. The van der Waals surface area contributed by atoms with Gasteiger partial charge in [-0.1, -0.05) is 30.3 Å². The molecule has 0 spiro atoms. The summed E-state index contributed by atoms with van der Waals surface area (Å²) in [5, 5.41) is 13.3. The minimum atomic E-state index is 0.274. The first-order chi connectivity index (χ1) is 11.3. The highest BCUT2D eigenvalue weighted by Gasteiger charge is 2.21. The maximum Gasteiger partial charge on any atom is 0.185 e. The van der Waals surface area contributed by atoms with Crippen LogP contribution in [0, 0.1) is 0 Å².